The van der Waals surface area contributed by atoms with Crippen molar-refractivity contribution in [3.63, 3.8) is 0 Å². The van der Waals surface area contributed by atoms with Crippen molar-refractivity contribution in [2.75, 3.05) is 29.5 Å². The van der Waals surface area contributed by atoms with Crippen molar-refractivity contribution in [3.8, 4) is 0 Å². The number of nitrogens with zero attached hydrogens (tertiary/aromatic N) is 1. The quantitative estimate of drug-likeness (QED) is 0.849. The number of rotatable bonds is 2. The Labute approximate surface area is 102 Å². The average Bonchev–Trinajstić information content (AvgIpc) is 2.50. The van der Waals surface area contributed by atoms with Gasteiger partial charge in [0.2, 0.25) is 0 Å². The van der Waals surface area contributed by atoms with Crippen molar-refractivity contribution in [1.29, 1.82) is 0 Å². The standard InChI is InChI=1S/C12H17NO3S/c14-10-11-2-4-12(5-3-11)13-6-1-8-17(15,16)9-7-13/h2-5,14H,1,6-10H2. The van der Waals surface area contributed by atoms with Crippen LogP contribution in [0, 0.1) is 0 Å². The highest BCUT2D eigenvalue weighted by Gasteiger charge is 2.19. The smallest absolute Gasteiger partial charge is 0.152 e. The molecule has 17 heavy (non-hydrogen) atoms. The lowest BCUT2D eigenvalue weighted by molar-refractivity contribution is 0.282. The molecule has 0 amide bonds. The summed E-state index contributed by atoms with van der Waals surface area (Å²) in [6, 6.07) is 7.61. The molecule has 1 aliphatic heterocycles. The van der Waals surface area contributed by atoms with Gasteiger partial charge in [0.15, 0.2) is 9.84 Å². The third-order valence-electron chi connectivity index (χ3n) is 3.04. The summed E-state index contributed by atoms with van der Waals surface area (Å²) in [6.45, 7) is 1.37. The van der Waals surface area contributed by atoms with E-state index in [9.17, 15) is 8.42 Å². The largest absolute Gasteiger partial charge is 0.392 e. The summed E-state index contributed by atoms with van der Waals surface area (Å²) < 4.78 is 23.0. The van der Waals surface area contributed by atoms with Gasteiger partial charge in [-0.1, -0.05) is 12.1 Å². The Kier molecular flexibility index (Phi) is 3.69. The van der Waals surface area contributed by atoms with Gasteiger partial charge in [-0.2, -0.15) is 0 Å². The Hall–Kier alpha value is -1.07. The highest BCUT2D eigenvalue weighted by Crippen LogP contribution is 2.18. The highest BCUT2D eigenvalue weighted by atomic mass is 32.2. The number of anilines is 1. The van der Waals surface area contributed by atoms with E-state index in [2.05, 4.69) is 4.90 Å². The third-order valence-corrected chi connectivity index (χ3v) is 4.75. The normalized spacial score (nSPS) is 19.9. The van der Waals surface area contributed by atoms with Gasteiger partial charge in [0.05, 0.1) is 18.1 Å². The average molecular weight is 255 g/mol. The van der Waals surface area contributed by atoms with Gasteiger partial charge < -0.3 is 10.0 Å². The van der Waals surface area contributed by atoms with Gasteiger partial charge in [-0.05, 0) is 24.1 Å². The van der Waals surface area contributed by atoms with Gasteiger partial charge in [-0.3, -0.25) is 0 Å². The van der Waals surface area contributed by atoms with Gasteiger partial charge >= 0.3 is 0 Å². The summed E-state index contributed by atoms with van der Waals surface area (Å²) in [6.07, 6.45) is 0.685. The fourth-order valence-corrected chi connectivity index (χ4v) is 3.28. The van der Waals surface area contributed by atoms with Gasteiger partial charge in [0.25, 0.3) is 0 Å². The molecule has 0 aliphatic carbocycles. The molecule has 1 saturated heterocycles. The lowest BCUT2D eigenvalue weighted by atomic mass is 10.2. The van der Waals surface area contributed by atoms with E-state index in [1.54, 1.807) is 0 Å². The van der Waals surface area contributed by atoms with Crippen molar-refractivity contribution in [3.05, 3.63) is 29.8 Å². The topological polar surface area (TPSA) is 57.6 Å². The highest BCUT2D eigenvalue weighted by molar-refractivity contribution is 7.91. The van der Waals surface area contributed by atoms with E-state index in [0.717, 1.165) is 17.8 Å². The predicted molar refractivity (Wildman–Crippen MR) is 67.8 cm³/mol. The zero-order valence-corrected chi connectivity index (χ0v) is 10.5. The molecule has 0 aromatic heterocycles. The van der Waals surface area contributed by atoms with Crippen LogP contribution < -0.4 is 4.90 Å². The number of hydrogen-bond donors (Lipinski definition) is 1. The van der Waals surface area contributed by atoms with Crippen molar-refractivity contribution >= 4 is 15.5 Å². The second kappa shape index (κ2) is 5.06. The molecule has 5 heteroatoms. The first-order chi connectivity index (χ1) is 8.11. The Morgan fingerprint density at radius 1 is 1.12 bits per heavy atom. The summed E-state index contributed by atoms with van der Waals surface area (Å²) in [5.41, 5.74) is 1.90. The van der Waals surface area contributed by atoms with Crippen LogP contribution in [0.4, 0.5) is 5.69 Å². The second-order valence-corrected chi connectivity index (χ2v) is 6.62. The van der Waals surface area contributed by atoms with Gasteiger partial charge in [-0.15, -0.1) is 0 Å². The molecule has 1 aromatic rings. The van der Waals surface area contributed by atoms with Crippen LogP contribution in [0.1, 0.15) is 12.0 Å². The lowest BCUT2D eigenvalue weighted by Crippen LogP contribution is -2.26. The SMILES string of the molecule is O=S1(=O)CCCN(c2ccc(CO)cc2)CC1. The molecule has 1 heterocycles. The molecule has 94 valence electrons. The van der Waals surface area contributed by atoms with Crippen LogP contribution in [0.25, 0.3) is 0 Å². The number of aliphatic hydroxyl groups excluding tert-OH is 1. The summed E-state index contributed by atoms with van der Waals surface area (Å²) >= 11 is 0. The van der Waals surface area contributed by atoms with Crippen LogP contribution in [0.5, 0.6) is 0 Å². The van der Waals surface area contributed by atoms with Crippen molar-refractivity contribution < 1.29 is 13.5 Å². The van der Waals surface area contributed by atoms with E-state index in [1.165, 1.54) is 0 Å². The Bertz CT molecular complexity index is 467. The molecule has 1 aromatic carbocycles. The van der Waals surface area contributed by atoms with Crippen LogP contribution in [-0.2, 0) is 16.4 Å². The first-order valence-corrected chi connectivity index (χ1v) is 7.58. The summed E-state index contributed by atoms with van der Waals surface area (Å²) in [5, 5.41) is 8.96. The molecule has 0 saturated carbocycles. The number of benzene rings is 1. The van der Waals surface area contributed by atoms with Crippen molar-refractivity contribution in [1.82, 2.24) is 0 Å². The maximum atomic E-state index is 11.5. The summed E-state index contributed by atoms with van der Waals surface area (Å²) in [7, 11) is -2.85. The van der Waals surface area contributed by atoms with Crippen LogP contribution >= 0.6 is 0 Å². The maximum Gasteiger partial charge on any atom is 0.152 e. The Balaban J connectivity index is 2.11. The zero-order chi connectivity index (χ0) is 12.3. The van der Waals surface area contributed by atoms with E-state index in [-0.39, 0.29) is 18.1 Å². The Morgan fingerprint density at radius 2 is 1.82 bits per heavy atom. The van der Waals surface area contributed by atoms with E-state index in [1.807, 2.05) is 24.3 Å². The molecule has 0 unspecified atom stereocenters. The molecular weight excluding hydrogens is 238 g/mol. The number of sulfone groups is 1. The van der Waals surface area contributed by atoms with E-state index in [4.69, 9.17) is 5.11 Å². The van der Waals surface area contributed by atoms with E-state index >= 15 is 0 Å². The van der Waals surface area contributed by atoms with Gasteiger partial charge in [0.1, 0.15) is 0 Å². The molecule has 0 spiro atoms. The Morgan fingerprint density at radius 3 is 2.47 bits per heavy atom. The first kappa shape index (κ1) is 12.4. The van der Waals surface area contributed by atoms with Crippen molar-refractivity contribution in [2.24, 2.45) is 0 Å². The molecular formula is C12H17NO3S. The van der Waals surface area contributed by atoms with Crippen LogP contribution in [0.15, 0.2) is 24.3 Å². The van der Waals surface area contributed by atoms with E-state index < -0.39 is 9.84 Å². The molecule has 4 nitrogen and oxygen atoms in total. The number of aliphatic hydroxyl groups is 1. The third kappa shape index (κ3) is 3.20. The molecule has 0 bridgehead atoms. The second-order valence-electron chi connectivity index (χ2n) is 4.32. The predicted octanol–water partition coefficient (Wildman–Crippen LogP) is 0.804. The molecule has 0 atom stereocenters. The van der Waals surface area contributed by atoms with Crippen LogP contribution in [0.3, 0.4) is 0 Å². The molecule has 1 fully saturated rings. The van der Waals surface area contributed by atoms with Crippen molar-refractivity contribution in [2.45, 2.75) is 13.0 Å². The summed E-state index contributed by atoms with van der Waals surface area (Å²) in [5.74, 6) is 0.521. The minimum atomic E-state index is -2.85. The number of hydrogen-bond acceptors (Lipinski definition) is 4. The molecule has 1 aliphatic rings. The minimum absolute atomic E-state index is 0.0364. The van der Waals surface area contributed by atoms with Gasteiger partial charge in [-0.25, -0.2) is 8.42 Å². The monoisotopic (exact) mass is 255 g/mol. The van der Waals surface area contributed by atoms with Gasteiger partial charge in [0, 0.05) is 18.8 Å². The summed E-state index contributed by atoms with van der Waals surface area (Å²) in [4.78, 5) is 2.09. The minimum Gasteiger partial charge on any atom is -0.392 e. The first-order valence-electron chi connectivity index (χ1n) is 5.76. The lowest BCUT2D eigenvalue weighted by Gasteiger charge is -2.22. The fourth-order valence-electron chi connectivity index (χ4n) is 2.01. The fraction of sp³-hybridized carbons (Fsp3) is 0.500. The zero-order valence-electron chi connectivity index (χ0n) is 9.67. The molecule has 2 rings (SSSR count). The molecule has 0 radical (unpaired) electrons. The maximum absolute atomic E-state index is 11.5. The van der Waals surface area contributed by atoms with Crippen LogP contribution in [0.2, 0.25) is 0 Å². The molecule has 1 N–H and O–H groups in total. The van der Waals surface area contributed by atoms with E-state index in [0.29, 0.717) is 13.0 Å². The van der Waals surface area contributed by atoms with Crippen LogP contribution in [-0.4, -0.2) is 38.1 Å².